The van der Waals surface area contributed by atoms with Gasteiger partial charge in [-0.15, -0.1) is 0 Å². The Morgan fingerprint density at radius 1 is 1.36 bits per heavy atom. The maximum Gasteiger partial charge on any atom is 0.152 e. The van der Waals surface area contributed by atoms with Crippen molar-refractivity contribution in [1.82, 2.24) is 4.90 Å². The third kappa shape index (κ3) is 2.03. The van der Waals surface area contributed by atoms with E-state index in [-0.39, 0.29) is 5.54 Å². The molecular formula is C9H19NO. The molecule has 11 heavy (non-hydrogen) atoms. The minimum absolute atomic E-state index is 0.255. The quantitative estimate of drug-likeness (QED) is 0.619. The van der Waals surface area contributed by atoms with Crippen LogP contribution in [0.5, 0.6) is 0 Å². The highest BCUT2D eigenvalue weighted by atomic mass is 16.1. The Hall–Kier alpha value is -0.370. The first-order valence-electron chi connectivity index (χ1n) is 4.19. The van der Waals surface area contributed by atoms with Crippen LogP contribution >= 0.6 is 0 Å². The topological polar surface area (TPSA) is 20.3 Å². The van der Waals surface area contributed by atoms with E-state index in [9.17, 15) is 4.79 Å². The van der Waals surface area contributed by atoms with Gasteiger partial charge in [-0.05, 0) is 27.4 Å². The van der Waals surface area contributed by atoms with Crippen LogP contribution in [-0.4, -0.2) is 30.3 Å². The summed E-state index contributed by atoms with van der Waals surface area (Å²) in [5, 5.41) is 0. The van der Waals surface area contributed by atoms with Gasteiger partial charge in [-0.3, -0.25) is 9.69 Å². The number of carbonyl (C=O) groups excluding carboxylic acids is 1. The van der Waals surface area contributed by atoms with Gasteiger partial charge in [0.25, 0.3) is 0 Å². The lowest BCUT2D eigenvalue weighted by Crippen LogP contribution is -2.47. The molecule has 2 nitrogen and oxygen atoms in total. The molecule has 0 aliphatic heterocycles. The Bertz CT molecular complexity index is 142. The molecule has 0 aliphatic rings. The van der Waals surface area contributed by atoms with Gasteiger partial charge >= 0.3 is 0 Å². The van der Waals surface area contributed by atoms with Gasteiger partial charge in [0, 0.05) is 6.42 Å². The van der Waals surface area contributed by atoms with E-state index < -0.39 is 0 Å². The number of hydrogen-bond acceptors (Lipinski definition) is 2. The molecule has 0 N–H and O–H groups in total. The van der Waals surface area contributed by atoms with Gasteiger partial charge in [0.15, 0.2) is 5.78 Å². The van der Waals surface area contributed by atoms with Gasteiger partial charge in [-0.25, -0.2) is 0 Å². The van der Waals surface area contributed by atoms with Gasteiger partial charge < -0.3 is 0 Å². The molecule has 0 aromatic heterocycles. The fourth-order valence-corrected chi connectivity index (χ4v) is 1.14. The van der Waals surface area contributed by atoms with Crippen LogP contribution in [-0.2, 0) is 4.79 Å². The Kier molecular flexibility index (Phi) is 3.73. The highest BCUT2D eigenvalue weighted by Gasteiger charge is 2.31. The molecule has 1 unspecified atom stereocenters. The number of ketones is 1. The van der Waals surface area contributed by atoms with E-state index in [4.69, 9.17) is 0 Å². The van der Waals surface area contributed by atoms with Gasteiger partial charge in [-0.1, -0.05) is 13.8 Å². The number of Topliss-reactive ketones (excluding diaryl/α,β-unsaturated/α-hetero) is 1. The zero-order valence-electron chi connectivity index (χ0n) is 8.27. The number of nitrogens with zero attached hydrogens (tertiary/aromatic N) is 1. The Labute approximate surface area is 69.6 Å². The van der Waals surface area contributed by atoms with Crippen molar-refractivity contribution in [2.75, 3.05) is 14.1 Å². The van der Waals surface area contributed by atoms with E-state index in [2.05, 4.69) is 0 Å². The standard InChI is InChI=1S/C9H19NO/c1-6-8(11)9(3,7-2)10(4)5/h6-7H2,1-5H3. The molecule has 1 atom stereocenters. The minimum Gasteiger partial charge on any atom is -0.298 e. The molecule has 0 bridgehead atoms. The number of rotatable bonds is 4. The number of carbonyl (C=O) groups is 1. The summed E-state index contributed by atoms with van der Waals surface area (Å²) in [6, 6.07) is 0. The lowest BCUT2D eigenvalue weighted by atomic mass is 9.90. The van der Waals surface area contributed by atoms with E-state index in [0.29, 0.717) is 12.2 Å². The molecule has 2 heteroatoms. The second kappa shape index (κ2) is 3.86. The van der Waals surface area contributed by atoms with Crippen LogP contribution in [0, 0.1) is 0 Å². The summed E-state index contributed by atoms with van der Waals surface area (Å²) < 4.78 is 0. The lowest BCUT2D eigenvalue weighted by Gasteiger charge is -2.33. The molecular weight excluding hydrogens is 138 g/mol. The Morgan fingerprint density at radius 2 is 1.82 bits per heavy atom. The molecule has 0 aromatic carbocycles. The molecule has 0 heterocycles. The third-order valence-corrected chi connectivity index (χ3v) is 2.60. The summed E-state index contributed by atoms with van der Waals surface area (Å²) in [4.78, 5) is 13.5. The fourth-order valence-electron chi connectivity index (χ4n) is 1.14. The second-order valence-corrected chi connectivity index (χ2v) is 3.30. The molecule has 0 fully saturated rings. The van der Waals surface area contributed by atoms with E-state index in [1.54, 1.807) is 0 Å². The van der Waals surface area contributed by atoms with Crippen molar-refractivity contribution >= 4 is 5.78 Å². The molecule has 0 saturated heterocycles. The van der Waals surface area contributed by atoms with E-state index in [0.717, 1.165) is 6.42 Å². The summed E-state index contributed by atoms with van der Waals surface area (Å²) in [7, 11) is 3.91. The third-order valence-electron chi connectivity index (χ3n) is 2.60. The normalized spacial score (nSPS) is 16.5. The zero-order chi connectivity index (χ0) is 9.07. The predicted molar refractivity (Wildman–Crippen MR) is 47.7 cm³/mol. The minimum atomic E-state index is -0.255. The SMILES string of the molecule is CCC(=O)C(C)(CC)N(C)C. The van der Waals surface area contributed by atoms with Crippen LogP contribution in [0.4, 0.5) is 0 Å². The highest BCUT2D eigenvalue weighted by Crippen LogP contribution is 2.18. The first-order valence-corrected chi connectivity index (χ1v) is 4.19. The lowest BCUT2D eigenvalue weighted by molar-refractivity contribution is -0.128. The second-order valence-electron chi connectivity index (χ2n) is 3.30. The first-order chi connectivity index (χ1) is 4.99. The van der Waals surface area contributed by atoms with Crippen LogP contribution in [0.3, 0.4) is 0 Å². The number of likely N-dealkylation sites (N-methyl/N-ethyl adjacent to an activating group) is 1. The van der Waals surface area contributed by atoms with E-state index in [1.807, 2.05) is 39.8 Å². The highest BCUT2D eigenvalue weighted by molar-refractivity contribution is 5.87. The fraction of sp³-hybridized carbons (Fsp3) is 0.889. The molecule has 0 amide bonds. The maximum atomic E-state index is 11.5. The molecule has 0 aliphatic carbocycles. The molecule has 0 saturated carbocycles. The molecule has 66 valence electrons. The summed E-state index contributed by atoms with van der Waals surface area (Å²) >= 11 is 0. The largest absolute Gasteiger partial charge is 0.298 e. The molecule has 0 rings (SSSR count). The molecule has 0 aromatic rings. The van der Waals surface area contributed by atoms with Crippen molar-refractivity contribution in [3.05, 3.63) is 0 Å². The van der Waals surface area contributed by atoms with Crippen LogP contribution < -0.4 is 0 Å². The van der Waals surface area contributed by atoms with E-state index in [1.165, 1.54) is 0 Å². The van der Waals surface area contributed by atoms with Gasteiger partial charge in [-0.2, -0.15) is 0 Å². The average molecular weight is 157 g/mol. The predicted octanol–water partition coefficient (Wildman–Crippen LogP) is 1.70. The summed E-state index contributed by atoms with van der Waals surface area (Å²) in [5.41, 5.74) is -0.255. The van der Waals surface area contributed by atoms with Crippen LogP contribution in [0.2, 0.25) is 0 Å². The molecule has 0 radical (unpaired) electrons. The van der Waals surface area contributed by atoms with Gasteiger partial charge in [0.2, 0.25) is 0 Å². The van der Waals surface area contributed by atoms with Crippen molar-refractivity contribution in [2.24, 2.45) is 0 Å². The van der Waals surface area contributed by atoms with Crippen LogP contribution in [0.25, 0.3) is 0 Å². The Morgan fingerprint density at radius 3 is 1.91 bits per heavy atom. The van der Waals surface area contributed by atoms with Crippen LogP contribution in [0.1, 0.15) is 33.6 Å². The smallest absolute Gasteiger partial charge is 0.152 e. The van der Waals surface area contributed by atoms with Gasteiger partial charge in [0.05, 0.1) is 5.54 Å². The summed E-state index contributed by atoms with van der Waals surface area (Å²) in [6.07, 6.45) is 1.51. The van der Waals surface area contributed by atoms with Crippen molar-refractivity contribution in [3.63, 3.8) is 0 Å². The Balaban J connectivity index is 4.45. The number of hydrogen-bond donors (Lipinski definition) is 0. The zero-order valence-corrected chi connectivity index (χ0v) is 8.27. The average Bonchev–Trinajstić information content (AvgIpc) is 2.01. The van der Waals surface area contributed by atoms with Crippen molar-refractivity contribution in [1.29, 1.82) is 0 Å². The summed E-state index contributed by atoms with van der Waals surface area (Å²) in [5.74, 6) is 0.324. The van der Waals surface area contributed by atoms with Crippen molar-refractivity contribution in [2.45, 2.75) is 39.2 Å². The molecule has 0 spiro atoms. The maximum absolute atomic E-state index is 11.5. The van der Waals surface area contributed by atoms with Crippen LogP contribution in [0.15, 0.2) is 0 Å². The van der Waals surface area contributed by atoms with Crippen molar-refractivity contribution < 1.29 is 4.79 Å². The first kappa shape index (κ1) is 10.6. The van der Waals surface area contributed by atoms with E-state index >= 15 is 0 Å². The summed E-state index contributed by atoms with van der Waals surface area (Å²) in [6.45, 7) is 5.96. The van der Waals surface area contributed by atoms with Crippen molar-refractivity contribution in [3.8, 4) is 0 Å². The van der Waals surface area contributed by atoms with Gasteiger partial charge in [0.1, 0.15) is 0 Å². The monoisotopic (exact) mass is 157 g/mol.